The highest BCUT2D eigenvalue weighted by molar-refractivity contribution is 6.31. The predicted octanol–water partition coefficient (Wildman–Crippen LogP) is 2.11. The van der Waals surface area contributed by atoms with E-state index in [1.807, 2.05) is 0 Å². The third-order valence-electron chi connectivity index (χ3n) is 1.45. The van der Waals surface area contributed by atoms with Crippen LogP contribution in [-0.2, 0) is 4.79 Å². The lowest BCUT2D eigenvalue weighted by Gasteiger charge is -2.04. The van der Waals surface area contributed by atoms with Crippen molar-refractivity contribution < 1.29 is 9.59 Å². The number of nitrogens with one attached hydrogen (secondary N) is 1. The highest BCUT2D eigenvalue weighted by atomic mass is 35.5. The minimum atomic E-state index is -0.217. The molecule has 13 heavy (non-hydrogen) atoms. The molecule has 1 aromatic rings. The van der Waals surface area contributed by atoms with Crippen LogP contribution < -0.4 is 5.32 Å². The Labute approximate surface area is 80.7 Å². The van der Waals surface area contributed by atoms with Crippen LogP contribution in [0.15, 0.2) is 18.2 Å². The Morgan fingerprint density at radius 3 is 2.77 bits per heavy atom. The molecule has 0 spiro atoms. The Morgan fingerprint density at radius 2 is 2.23 bits per heavy atom. The predicted molar refractivity (Wildman–Crippen MR) is 51.1 cm³/mol. The molecule has 1 N–H and O–H groups in total. The molecule has 1 rings (SSSR count). The number of halogens is 1. The number of hydrogen-bond acceptors (Lipinski definition) is 2. The van der Waals surface area contributed by atoms with Gasteiger partial charge in [0.2, 0.25) is 5.91 Å². The van der Waals surface area contributed by atoms with Gasteiger partial charge in [-0.05, 0) is 18.2 Å². The summed E-state index contributed by atoms with van der Waals surface area (Å²) in [6.07, 6.45) is 0.650. The first-order chi connectivity index (χ1) is 6.13. The Hall–Kier alpha value is -1.35. The Bertz CT molecular complexity index is 349. The van der Waals surface area contributed by atoms with Crippen LogP contribution >= 0.6 is 11.6 Å². The van der Waals surface area contributed by atoms with Gasteiger partial charge in [0.05, 0.1) is 5.69 Å². The summed E-state index contributed by atoms with van der Waals surface area (Å²) in [6, 6.07) is 4.70. The molecule has 1 amide bonds. The molecule has 0 fully saturated rings. The molecule has 0 atom stereocenters. The van der Waals surface area contributed by atoms with Crippen molar-refractivity contribution in [3.63, 3.8) is 0 Å². The van der Waals surface area contributed by atoms with Crippen molar-refractivity contribution in [2.75, 3.05) is 5.32 Å². The number of rotatable bonds is 2. The first-order valence-corrected chi connectivity index (χ1v) is 4.03. The average molecular weight is 198 g/mol. The maximum atomic E-state index is 10.7. The zero-order valence-corrected chi connectivity index (χ0v) is 7.76. The van der Waals surface area contributed by atoms with E-state index in [9.17, 15) is 9.59 Å². The van der Waals surface area contributed by atoms with Crippen molar-refractivity contribution in [2.24, 2.45) is 0 Å². The van der Waals surface area contributed by atoms with Gasteiger partial charge in [0, 0.05) is 17.5 Å². The molecule has 0 unspecified atom stereocenters. The molecule has 0 saturated heterocycles. The second-order valence-electron chi connectivity index (χ2n) is 2.53. The normalized spacial score (nSPS) is 9.38. The van der Waals surface area contributed by atoms with Crippen LogP contribution in [0.2, 0.25) is 5.02 Å². The summed E-state index contributed by atoms with van der Waals surface area (Å²) in [7, 11) is 0. The summed E-state index contributed by atoms with van der Waals surface area (Å²) in [5.74, 6) is -0.217. The molecule has 0 aliphatic heterocycles. The van der Waals surface area contributed by atoms with Gasteiger partial charge in [0.25, 0.3) is 0 Å². The molecule has 68 valence electrons. The lowest BCUT2D eigenvalue weighted by Crippen LogP contribution is -2.07. The SMILES string of the molecule is CC(=O)Nc1ccc(Cl)cc1C=O. The van der Waals surface area contributed by atoms with Crippen LogP contribution in [0.25, 0.3) is 0 Å². The summed E-state index contributed by atoms with van der Waals surface area (Å²) in [6.45, 7) is 1.38. The van der Waals surface area contributed by atoms with Crippen LogP contribution in [0.5, 0.6) is 0 Å². The first kappa shape index (κ1) is 9.74. The monoisotopic (exact) mass is 197 g/mol. The summed E-state index contributed by atoms with van der Waals surface area (Å²) in [5.41, 5.74) is 0.856. The van der Waals surface area contributed by atoms with Gasteiger partial charge in [0.1, 0.15) is 0 Å². The van der Waals surface area contributed by atoms with E-state index in [0.29, 0.717) is 22.6 Å². The number of hydrogen-bond donors (Lipinski definition) is 1. The molecule has 0 saturated carbocycles. The fraction of sp³-hybridized carbons (Fsp3) is 0.111. The largest absolute Gasteiger partial charge is 0.326 e. The highest BCUT2D eigenvalue weighted by Gasteiger charge is 2.03. The van der Waals surface area contributed by atoms with Crippen LogP contribution in [0, 0.1) is 0 Å². The van der Waals surface area contributed by atoms with E-state index in [2.05, 4.69) is 5.32 Å². The van der Waals surface area contributed by atoms with Crippen molar-refractivity contribution in [3.8, 4) is 0 Å². The van der Waals surface area contributed by atoms with Crippen LogP contribution in [0.3, 0.4) is 0 Å². The standard InChI is InChI=1S/C9H8ClNO2/c1-6(13)11-9-3-2-8(10)4-7(9)5-12/h2-5H,1H3,(H,11,13). The molecule has 0 aromatic heterocycles. The van der Waals surface area contributed by atoms with E-state index in [4.69, 9.17) is 11.6 Å². The number of carbonyl (C=O) groups is 2. The molecule has 0 aliphatic rings. The van der Waals surface area contributed by atoms with Crippen molar-refractivity contribution in [3.05, 3.63) is 28.8 Å². The average Bonchev–Trinajstić information content (AvgIpc) is 2.07. The van der Waals surface area contributed by atoms with Crippen molar-refractivity contribution in [1.82, 2.24) is 0 Å². The molecule has 0 aliphatic carbocycles. The maximum Gasteiger partial charge on any atom is 0.221 e. The van der Waals surface area contributed by atoms with Gasteiger partial charge in [-0.1, -0.05) is 11.6 Å². The first-order valence-electron chi connectivity index (χ1n) is 3.66. The van der Waals surface area contributed by atoms with Gasteiger partial charge >= 0.3 is 0 Å². The van der Waals surface area contributed by atoms with Gasteiger partial charge in [0.15, 0.2) is 6.29 Å². The quantitative estimate of drug-likeness (QED) is 0.739. The van der Waals surface area contributed by atoms with Gasteiger partial charge in [-0.3, -0.25) is 9.59 Å². The van der Waals surface area contributed by atoms with Crippen LogP contribution in [-0.4, -0.2) is 12.2 Å². The number of carbonyl (C=O) groups excluding carboxylic acids is 2. The van der Waals surface area contributed by atoms with E-state index in [0.717, 1.165) is 0 Å². The number of benzene rings is 1. The zero-order valence-electron chi connectivity index (χ0n) is 7.00. The zero-order chi connectivity index (χ0) is 9.84. The molecule has 4 heteroatoms. The number of aldehydes is 1. The molecule has 3 nitrogen and oxygen atoms in total. The third-order valence-corrected chi connectivity index (χ3v) is 1.69. The lowest BCUT2D eigenvalue weighted by atomic mass is 10.2. The maximum absolute atomic E-state index is 10.7. The van der Waals surface area contributed by atoms with Crippen LogP contribution in [0.4, 0.5) is 5.69 Å². The highest BCUT2D eigenvalue weighted by Crippen LogP contribution is 2.18. The fourth-order valence-electron chi connectivity index (χ4n) is 0.935. The number of anilines is 1. The Balaban J connectivity index is 3.05. The topological polar surface area (TPSA) is 46.2 Å². The minimum Gasteiger partial charge on any atom is -0.326 e. The lowest BCUT2D eigenvalue weighted by molar-refractivity contribution is -0.114. The molecule has 1 aromatic carbocycles. The summed E-state index contributed by atoms with van der Waals surface area (Å²) in [4.78, 5) is 21.3. The molecule has 0 radical (unpaired) electrons. The number of amides is 1. The van der Waals surface area contributed by atoms with Crippen molar-refractivity contribution in [1.29, 1.82) is 0 Å². The van der Waals surface area contributed by atoms with E-state index >= 15 is 0 Å². The van der Waals surface area contributed by atoms with Gasteiger partial charge in [-0.25, -0.2) is 0 Å². The fourth-order valence-corrected chi connectivity index (χ4v) is 1.12. The van der Waals surface area contributed by atoms with Gasteiger partial charge < -0.3 is 5.32 Å². The van der Waals surface area contributed by atoms with Crippen molar-refractivity contribution in [2.45, 2.75) is 6.92 Å². The van der Waals surface area contributed by atoms with Crippen molar-refractivity contribution >= 4 is 29.5 Å². The second-order valence-corrected chi connectivity index (χ2v) is 2.97. The van der Waals surface area contributed by atoms with Crippen LogP contribution in [0.1, 0.15) is 17.3 Å². The molecule has 0 bridgehead atoms. The van der Waals surface area contributed by atoms with E-state index < -0.39 is 0 Å². The Kier molecular flexibility index (Phi) is 3.03. The van der Waals surface area contributed by atoms with Gasteiger partial charge in [-0.15, -0.1) is 0 Å². The molecular formula is C9H8ClNO2. The molecule has 0 heterocycles. The summed E-state index contributed by atoms with van der Waals surface area (Å²) >= 11 is 5.66. The molecular weight excluding hydrogens is 190 g/mol. The summed E-state index contributed by atoms with van der Waals surface area (Å²) in [5, 5.41) is 2.99. The van der Waals surface area contributed by atoms with E-state index in [1.165, 1.54) is 13.0 Å². The third kappa shape index (κ3) is 2.56. The second kappa shape index (κ2) is 4.05. The van der Waals surface area contributed by atoms with E-state index in [-0.39, 0.29) is 5.91 Å². The Morgan fingerprint density at radius 1 is 1.54 bits per heavy atom. The summed E-state index contributed by atoms with van der Waals surface area (Å²) < 4.78 is 0. The van der Waals surface area contributed by atoms with E-state index in [1.54, 1.807) is 12.1 Å². The minimum absolute atomic E-state index is 0.217. The van der Waals surface area contributed by atoms with Gasteiger partial charge in [-0.2, -0.15) is 0 Å². The smallest absolute Gasteiger partial charge is 0.221 e.